The highest BCUT2D eigenvalue weighted by Crippen LogP contribution is 2.04. The van der Waals surface area contributed by atoms with Gasteiger partial charge in [0.05, 0.1) is 19.8 Å². The van der Waals surface area contributed by atoms with Crippen molar-refractivity contribution in [1.82, 2.24) is 4.98 Å². The van der Waals surface area contributed by atoms with Crippen molar-refractivity contribution in [3.05, 3.63) is 23.9 Å². The molecule has 0 saturated heterocycles. The number of rotatable bonds is 9. The summed E-state index contributed by atoms with van der Waals surface area (Å²) in [5.41, 5.74) is 6.58. The number of nitrogens with two attached hydrogens (primary N) is 1. The topological polar surface area (TPSA) is 66.6 Å². The summed E-state index contributed by atoms with van der Waals surface area (Å²) < 4.78 is 15.7. The van der Waals surface area contributed by atoms with Gasteiger partial charge >= 0.3 is 0 Å². The molecule has 96 valence electrons. The molecule has 0 unspecified atom stereocenters. The lowest BCUT2D eigenvalue weighted by Gasteiger charge is -2.06. The summed E-state index contributed by atoms with van der Waals surface area (Å²) >= 11 is 0. The van der Waals surface area contributed by atoms with E-state index in [9.17, 15) is 0 Å². The number of nitrogens with zero attached hydrogens (tertiary/aromatic N) is 1. The number of hydrogen-bond donors (Lipinski definition) is 1. The van der Waals surface area contributed by atoms with Gasteiger partial charge in [0.1, 0.15) is 5.82 Å². The molecule has 2 N–H and O–H groups in total. The Morgan fingerprint density at radius 2 is 2.00 bits per heavy atom. The van der Waals surface area contributed by atoms with Crippen molar-refractivity contribution in [3.63, 3.8) is 0 Å². The molecule has 0 aromatic carbocycles. The van der Waals surface area contributed by atoms with Crippen molar-refractivity contribution < 1.29 is 14.2 Å². The summed E-state index contributed by atoms with van der Waals surface area (Å²) in [5.74, 6) is 0.516. The lowest BCUT2D eigenvalue weighted by atomic mass is 10.3. The van der Waals surface area contributed by atoms with Crippen LogP contribution in [0.3, 0.4) is 0 Å². The van der Waals surface area contributed by atoms with E-state index < -0.39 is 0 Å². The first-order valence-corrected chi connectivity index (χ1v) is 5.68. The van der Waals surface area contributed by atoms with Gasteiger partial charge in [-0.25, -0.2) is 4.98 Å². The summed E-state index contributed by atoms with van der Waals surface area (Å²) in [6.45, 7) is 3.16. The molecule has 1 aromatic heterocycles. The van der Waals surface area contributed by atoms with E-state index in [1.807, 2.05) is 6.07 Å². The minimum atomic E-state index is 0.516. The second-order valence-electron chi connectivity index (χ2n) is 3.60. The largest absolute Gasteiger partial charge is 0.385 e. The highest BCUT2D eigenvalue weighted by molar-refractivity contribution is 5.31. The Morgan fingerprint density at radius 1 is 1.18 bits per heavy atom. The van der Waals surface area contributed by atoms with Crippen molar-refractivity contribution in [3.8, 4) is 0 Å². The normalized spacial score (nSPS) is 10.6. The number of anilines is 1. The monoisotopic (exact) mass is 240 g/mol. The zero-order valence-corrected chi connectivity index (χ0v) is 10.2. The van der Waals surface area contributed by atoms with Crippen LogP contribution in [0.4, 0.5) is 5.82 Å². The molecule has 0 aliphatic heterocycles. The maximum Gasteiger partial charge on any atom is 0.123 e. The van der Waals surface area contributed by atoms with Gasteiger partial charge in [-0.2, -0.15) is 0 Å². The van der Waals surface area contributed by atoms with Crippen LogP contribution in [-0.4, -0.2) is 38.5 Å². The van der Waals surface area contributed by atoms with Crippen LogP contribution in [0.15, 0.2) is 18.3 Å². The molecule has 17 heavy (non-hydrogen) atoms. The molecule has 0 spiro atoms. The molecule has 0 aliphatic rings. The standard InChI is InChI=1S/C12H20N2O3/c1-15-5-2-6-16-7-8-17-10-11-3-4-14-12(13)9-11/h3-4,9H,2,5-8,10H2,1H3,(H2,13,14). The lowest BCUT2D eigenvalue weighted by molar-refractivity contribution is 0.0337. The molecule has 0 aliphatic carbocycles. The van der Waals surface area contributed by atoms with Crippen LogP contribution in [0.5, 0.6) is 0 Å². The van der Waals surface area contributed by atoms with Crippen molar-refractivity contribution in [2.75, 3.05) is 39.3 Å². The molecule has 0 atom stereocenters. The molecule has 5 heteroatoms. The first-order valence-electron chi connectivity index (χ1n) is 5.68. The van der Waals surface area contributed by atoms with Crippen LogP contribution >= 0.6 is 0 Å². The second kappa shape index (κ2) is 8.92. The molecule has 1 rings (SSSR count). The van der Waals surface area contributed by atoms with Gasteiger partial charge in [-0.05, 0) is 24.1 Å². The third kappa shape index (κ3) is 6.88. The first kappa shape index (κ1) is 13.9. The van der Waals surface area contributed by atoms with Gasteiger partial charge in [-0.3, -0.25) is 0 Å². The number of methoxy groups -OCH3 is 1. The molecule has 5 nitrogen and oxygen atoms in total. The highest BCUT2D eigenvalue weighted by atomic mass is 16.5. The molecule has 0 bridgehead atoms. The van der Waals surface area contributed by atoms with Crippen LogP contribution in [0, 0.1) is 0 Å². The summed E-state index contributed by atoms with van der Waals surface area (Å²) in [4.78, 5) is 3.91. The Bertz CT molecular complexity index is 308. The molecular weight excluding hydrogens is 220 g/mol. The summed E-state index contributed by atoms with van der Waals surface area (Å²) in [7, 11) is 1.68. The zero-order valence-electron chi connectivity index (χ0n) is 10.2. The minimum absolute atomic E-state index is 0.516. The van der Waals surface area contributed by atoms with Crippen molar-refractivity contribution >= 4 is 5.82 Å². The van der Waals surface area contributed by atoms with Gasteiger partial charge in [0.25, 0.3) is 0 Å². The van der Waals surface area contributed by atoms with Crippen LogP contribution in [0.2, 0.25) is 0 Å². The van der Waals surface area contributed by atoms with Crippen molar-refractivity contribution in [1.29, 1.82) is 0 Å². The van der Waals surface area contributed by atoms with Gasteiger partial charge in [-0.15, -0.1) is 0 Å². The van der Waals surface area contributed by atoms with Gasteiger partial charge in [-0.1, -0.05) is 0 Å². The average molecular weight is 240 g/mol. The highest BCUT2D eigenvalue weighted by Gasteiger charge is 1.95. The number of aromatic nitrogens is 1. The summed E-state index contributed by atoms with van der Waals surface area (Å²) in [6.07, 6.45) is 2.59. The van der Waals surface area contributed by atoms with Crippen LogP contribution in [0.1, 0.15) is 12.0 Å². The average Bonchev–Trinajstić information content (AvgIpc) is 2.33. The van der Waals surface area contributed by atoms with E-state index in [0.717, 1.165) is 18.6 Å². The fourth-order valence-electron chi connectivity index (χ4n) is 1.30. The maximum absolute atomic E-state index is 5.55. The van der Waals surface area contributed by atoms with Crippen molar-refractivity contribution in [2.45, 2.75) is 13.0 Å². The molecule has 0 saturated carbocycles. The zero-order chi connectivity index (χ0) is 12.3. The quantitative estimate of drug-likeness (QED) is 0.658. The van der Waals surface area contributed by atoms with E-state index in [0.29, 0.717) is 32.2 Å². The Morgan fingerprint density at radius 3 is 2.76 bits per heavy atom. The third-order valence-electron chi connectivity index (χ3n) is 2.12. The predicted molar refractivity (Wildman–Crippen MR) is 65.6 cm³/mol. The van der Waals surface area contributed by atoms with E-state index in [-0.39, 0.29) is 0 Å². The van der Waals surface area contributed by atoms with Gasteiger partial charge in [0.15, 0.2) is 0 Å². The fourth-order valence-corrected chi connectivity index (χ4v) is 1.30. The minimum Gasteiger partial charge on any atom is -0.385 e. The van der Waals surface area contributed by atoms with Crippen LogP contribution in [-0.2, 0) is 20.8 Å². The molecule has 0 radical (unpaired) electrons. The molecule has 0 fully saturated rings. The smallest absolute Gasteiger partial charge is 0.123 e. The number of pyridine rings is 1. The Balaban J connectivity index is 1.97. The molecule has 1 heterocycles. The SMILES string of the molecule is COCCCOCCOCc1ccnc(N)c1. The van der Waals surface area contributed by atoms with E-state index in [1.165, 1.54) is 0 Å². The lowest BCUT2D eigenvalue weighted by Crippen LogP contribution is -2.06. The van der Waals surface area contributed by atoms with Crippen LogP contribution in [0.25, 0.3) is 0 Å². The predicted octanol–water partition coefficient (Wildman–Crippen LogP) is 1.23. The van der Waals surface area contributed by atoms with E-state index >= 15 is 0 Å². The Kier molecular flexibility index (Phi) is 7.29. The number of nitrogen functional groups attached to an aromatic ring is 1. The van der Waals surface area contributed by atoms with Gasteiger partial charge in [0.2, 0.25) is 0 Å². The van der Waals surface area contributed by atoms with E-state index in [1.54, 1.807) is 19.4 Å². The summed E-state index contributed by atoms with van der Waals surface area (Å²) in [5, 5.41) is 0. The van der Waals surface area contributed by atoms with E-state index in [4.69, 9.17) is 19.9 Å². The van der Waals surface area contributed by atoms with Crippen molar-refractivity contribution in [2.24, 2.45) is 0 Å². The first-order chi connectivity index (χ1) is 8.33. The number of ether oxygens (including phenoxy) is 3. The third-order valence-corrected chi connectivity index (χ3v) is 2.12. The fraction of sp³-hybridized carbons (Fsp3) is 0.583. The van der Waals surface area contributed by atoms with Gasteiger partial charge in [0, 0.05) is 26.5 Å². The van der Waals surface area contributed by atoms with Crippen LogP contribution < -0.4 is 5.73 Å². The Hall–Kier alpha value is -1.17. The summed E-state index contributed by atoms with van der Waals surface area (Å²) in [6, 6.07) is 3.69. The molecular formula is C12H20N2O3. The van der Waals surface area contributed by atoms with Gasteiger partial charge < -0.3 is 19.9 Å². The molecule has 0 amide bonds. The van der Waals surface area contributed by atoms with E-state index in [2.05, 4.69) is 4.98 Å². The maximum atomic E-state index is 5.55. The Labute approximate surface area is 102 Å². The second-order valence-corrected chi connectivity index (χ2v) is 3.60. The number of hydrogen-bond acceptors (Lipinski definition) is 5. The molecule has 1 aromatic rings.